The van der Waals surface area contributed by atoms with Gasteiger partial charge in [-0.15, -0.1) is 0 Å². The quantitative estimate of drug-likeness (QED) is 0.405. The summed E-state index contributed by atoms with van der Waals surface area (Å²) in [5, 5.41) is 7.21. The van der Waals surface area contributed by atoms with Gasteiger partial charge in [0.2, 0.25) is 10.0 Å². The minimum absolute atomic E-state index is 0.0522. The molecule has 6 heteroatoms. The van der Waals surface area contributed by atoms with Gasteiger partial charge in [-0.2, -0.15) is 0 Å². The average Bonchev–Trinajstić information content (AvgIpc) is 2.43. The van der Waals surface area contributed by atoms with Crippen LogP contribution in [0.3, 0.4) is 0 Å². The van der Waals surface area contributed by atoms with Crippen LogP contribution in [0.2, 0.25) is 0 Å². The van der Waals surface area contributed by atoms with Crippen molar-refractivity contribution >= 4 is 15.9 Å². The molecule has 1 aliphatic rings. The van der Waals surface area contributed by atoms with Gasteiger partial charge in [-0.3, -0.25) is 5.41 Å². The van der Waals surface area contributed by atoms with Gasteiger partial charge in [-0.1, -0.05) is 25.7 Å². The molecule has 0 aromatic rings. The molecule has 100 valence electrons. The zero-order valence-corrected chi connectivity index (χ0v) is 11.4. The van der Waals surface area contributed by atoms with Crippen LogP contribution in [-0.4, -0.2) is 25.0 Å². The van der Waals surface area contributed by atoms with Crippen molar-refractivity contribution in [2.24, 2.45) is 5.73 Å². The van der Waals surface area contributed by atoms with Crippen LogP contribution in [0, 0.1) is 5.41 Å². The number of amidine groups is 1. The molecule has 5 nitrogen and oxygen atoms in total. The standard InChI is InChI=1S/C11H23N3O2S/c1-9(2)17(15,16)14-11(10(12)13)7-5-3-4-6-8-11/h9,14H,3-8H2,1-2H3,(H3,12,13). The Hall–Kier alpha value is -0.620. The molecule has 17 heavy (non-hydrogen) atoms. The third-order valence-electron chi connectivity index (χ3n) is 3.43. The van der Waals surface area contributed by atoms with Crippen LogP contribution >= 0.6 is 0 Å². The highest BCUT2D eigenvalue weighted by atomic mass is 32.2. The average molecular weight is 261 g/mol. The van der Waals surface area contributed by atoms with Crippen LogP contribution in [0.4, 0.5) is 0 Å². The van der Waals surface area contributed by atoms with E-state index in [1.165, 1.54) is 0 Å². The van der Waals surface area contributed by atoms with Gasteiger partial charge in [0.15, 0.2) is 0 Å². The highest BCUT2D eigenvalue weighted by molar-refractivity contribution is 7.90. The van der Waals surface area contributed by atoms with Crippen LogP contribution in [-0.2, 0) is 10.0 Å². The van der Waals surface area contributed by atoms with Crippen molar-refractivity contribution in [2.75, 3.05) is 0 Å². The first-order valence-corrected chi connectivity index (χ1v) is 7.72. The summed E-state index contributed by atoms with van der Waals surface area (Å²) >= 11 is 0. The summed E-state index contributed by atoms with van der Waals surface area (Å²) in [5.41, 5.74) is 4.79. The molecule has 0 radical (unpaired) electrons. The normalized spacial score (nSPS) is 21.1. The monoisotopic (exact) mass is 261 g/mol. The highest BCUT2D eigenvalue weighted by Crippen LogP contribution is 2.28. The third-order valence-corrected chi connectivity index (χ3v) is 5.35. The lowest BCUT2D eigenvalue weighted by atomic mass is 9.90. The maximum atomic E-state index is 12.0. The van der Waals surface area contributed by atoms with Gasteiger partial charge in [-0.05, 0) is 26.7 Å². The Bertz CT molecular complexity index is 368. The first-order valence-electron chi connectivity index (χ1n) is 6.17. The number of hydrogen-bond acceptors (Lipinski definition) is 3. The second-order valence-electron chi connectivity index (χ2n) is 5.11. The summed E-state index contributed by atoms with van der Waals surface area (Å²) in [6, 6.07) is 0. The summed E-state index contributed by atoms with van der Waals surface area (Å²) in [4.78, 5) is 0. The fraction of sp³-hybridized carbons (Fsp3) is 0.909. The van der Waals surface area contributed by atoms with E-state index >= 15 is 0 Å². The molecule has 1 saturated carbocycles. The predicted molar refractivity (Wildman–Crippen MR) is 69.5 cm³/mol. The molecular formula is C11H23N3O2S. The van der Waals surface area contributed by atoms with E-state index in [0.717, 1.165) is 25.7 Å². The molecule has 1 aliphatic carbocycles. The molecule has 0 saturated heterocycles. The Morgan fingerprint density at radius 2 is 1.71 bits per heavy atom. The summed E-state index contributed by atoms with van der Waals surface area (Å²) in [7, 11) is -3.39. The number of nitrogens with two attached hydrogens (primary N) is 1. The van der Waals surface area contributed by atoms with E-state index in [-0.39, 0.29) is 5.84 Å². The molecule has 1 rings (SSSR count). The Kier molecular flexibility index (Phi) is 4.55. The highest BCUT2D eigenvalue weighted by Gasteiger charge is 2.38. The summed E-state index contributed by atoms with van der Waals surface area (Å²) in [6.45, 7) is 3.26. The van der Waals surface area contributed by atoms with E-state index in [2.05, 4.69) is 4.72 Å². The Morgan fingerprint density at radius 1 is 1.24 bits per heavy atom. The molecule has 4 N–H and O–H groups in total. The smallest absolute Gasteiger partial charge is 0.214 e. The van der Waals surface area contributed by atoms with Crippen molar-refractivity contribution < 1.29 is 8.42 Å². The first-order chi connectivity index (χ1) is 7.80. The molecule has 0 aromatic carbocycles. The van der Waals surface area contributed by atoms with Gasteiger partial charge in [0.05, 0.1) is 10.8 Å². The fourth-order valence-electron chi connectivity index (χ4n) is 2.15. The van der Waals surface area contributed by atoms with Gasteiger partial charge in [0.25, 0.3) is 0 Å². The molecule has 0 unspecified atom stereocenters. The first kappa shape index (κ1) is 14.4. The van der Waals surface area contributed by atoms with E-state index in [0.29, 0.717) is 12.8 Å². The minimum Gasteiger partial charge on any atom is -0.386 e. The van der Waals surface area contributed by atoms with Crippen molar-refractivity contribution in [3.8, 4) is 0 Å². The summed E-state index contributed by atoms with van der Waals surface area (Å²) < 4.78 is 26.6. The van der Waals surface area contributed by atoms with E-state index in [9.17, 15) is 8.42 Å². The Labute approximate surface area is 104 Å². The molecule has 1 fully saturated rings. The topological polar surface area (TPSA) is 96.0 Å². The largest absolute Gasteiger partial charge is 0.386 e. The van der Waals surface area contributed by atoms with E-state index in [4.69, 9.17) is 11.1 Å². The van der Waals surface area contributed by atoms with Crippen molar-refractivity contribution in [1.29, 1.82) is 5.41 Å². The second-order valence-corrected chi connectivity index (χ2v) is 7.34. The molecule has 0 aliphatic heterocycles. The third kappa shape index (κ3) is 3.42. The molecule has 0 amide bonds. The van der Waals surface area contributed by atoms with Crippen molar-refractivity contribution in [2.45, 2.75) is 63.2 Å². The van der Waals surface area contributed by atoms with E-state index in [1.807, 2.05) is 0 Å². The SMILES string of the molecule is CC(C)S(=O)(=O)NC1(C(=N)N)CCCCCC1. The molecular weight excluding hydrogens is 238 g/mol. The van der Waals surface area contributed by atoms with Crippen molar-refractivity contribution in [3.05, 3.63) is 0 Å². The Morgan fingerprint density at radius 3 is 2.06 bits per heavy atom. The van der Waals surface area contributed by atoms with Crippen molar-refractivity contribution in [1.82, 2.24) is 4.72 Å². The fourth-order valence-corrected chi connectivity index (χ4v) is 3.24. The van der Waals surface area contributed by atoms with Gasteiger partial charge in [0, 0.05) is 0 Å². The van der Waals surface area contributed by atoms with E-state index < -0.39 is 20.8 Å². The number of nitrogens with one attached hydrogen (secondary N) is 2. The lowest BCUT2D eigenvalue weighted by molar-refractivity contribution is 0.432. The molecule has 0 atom stereocenters. The van der Waals surface area contributed by atoms with Gasteiger partial charge < -0.3 is 5.73 Å². The van der Waals surface area contributed by atoms with Crippen LogP contribution in [0.1, 0.15) is 52.4 Å². The maximum absolute atomic E-state index is 12.0. The van der Waals surface area contributed by atoms with Crippen LogP contribution in [0.25, 0.3) is 0 Å². The van der Waals surface area contributed by atoms with Crippen LogP contribution in [0.15, 0.2) is 0 Å². The zero-order chi connectivity index (χ0) is 13.1. The van der Waals surface area contributed by atoms with Gasteiger partial charge in [-0.25, -0.2) is 13.1 Å². The molecule has 0 bridgehead atoms. The Balaban J connectivity index is 2.96. The van der Waals surface area contributed by atoms with E-state index in [1.54, 1.807) is 13.8 Å². The molecule has 0 heterocycles. The predicted octanol–water partition coefficient (Wildman–Crippen LogP) is 1.34. The van der Waals surface area contributed by atoms with Gasteiger partial charge in [0.1, 0.15) is 5.84 Å². The zero-order valence-electron chi connectivity index (χ0n) is 10.6. The molecule has 0 spiro atoms. The molecule has 0 aromatic heterocycles. The van der Waals surface area contributed by atoms with Crippen LogP contribution < -0.4 is 10.5 Å². The number of hydrogen-bond donors (Lipinski definition) is 3. The van der Waals surface area contributed by atoms with Gasteiger partial charge >= 0.3 is 0 Å². The number of sulfonamides is 1. The number of rotatable bonds is 4. The summed E-state index contributed by atoms with van der Waals surface area (Å²) in [5.74, 6) is -0.0522. The minimum atomic E-state index is -3.39. The lowest BCUT2D eigenvalue weighted by Crippen LogP contribution is -2.58. The maximum Gasteiger partial charge on any atom is 0.214 e. The summed E-state index contributed by atoms with van der Waals surface area (Å²) in [6.07, 6.45) is 5.26. The second kappa shape index (κ2) is 5.35. The van der Waals surface area contributed by atoms with Crippen molar-refractivity contribution in [3.63, 3.8) is 0 Å². The lowest BCUT2D eigenvalue weighted by Gasteiger charge is -2.33. The van der Waals surface area contributed by atoms with Crippen LogP contribution in [0.5, 0.6) is 0 Å².